The Balaban J connectivity index is 2.08. The summed E-state index contributed by atoms with van der Waals surface area (Å²) in [6.07, 6.45) is 1.43. The average molecular weight is 240 g/mol. The first-order valence-corrected chi connectivity index (χ1v) is 3.13. The van der Waals surface area contributed by atoms with Gasteiger partial charge in [-0.2, -0.15) is 0 Å². The van der Waals surface area contributed by atoms with Crippen LogP contribution in [0.1, 0.15) is 6.42 Å². The van der Waals surface area contributed by atoms with Gasteiger partial charge in [-0.1, -0.05) is 0 Å². The van der Waals surface area contributed by atoms with Crippen molar-refractivity contribution in [3.8, 4) is 0 Å². The van der Waals surface area contributed by atoms with E-state index < -0.39 is 0 Å². The van der Waals surface area contributed by atoms with Crippen LogP contribution in [0.4, 0.5) is 0 Å². The van der Waals surface area contributed by atoms with Crippen molar-refractivity contribution in [1.82, 2.24) is 3.46 Å². The van der Waals surface area contributed by atoms with Gasteiger partial charge in [0, 0.05) is 0 Å². The molecule has 0 aliphatic carbocycles. The van der Waals surface area contributed by atoms with Gasteiger partial charge in [0.1, 0.15) is 0 Å². The first-order chi connectivity index (χ1) is 2.39. The first-order valence-electron chi connectivity index (χ1n) is 1.82. The predicted octanol–water partition coefficient (Wildman–Crippen LogP) is 0.154. The van der Waals surface area contributed by atoms with Crippen molar-refractivity contribution in [2.75, 3.05) is 13.1 Å². The fourth-order valence-corrected chi connectivity index (χ4v) is 1.21. The SMILES string of the molecule is [W][N]1CCC1. The van der Waals surface area contributed by atoms with E-state index in [-0.39, 0.29) is 0 Å². The number of hydrogen-bond acceptors (Lipinski definition) is 1. The molecule has 0 aromatic carbocycles. The van der Waals surface area contributed by atoms with Gasteiger partial charge in [-0.3, -0.25) is 0 Å². The van der Waals surface area contributed by atoms with Gasteiger partial charge < -0.3 is 0 Å². The van der Waals surface area contributed by atoms with Crippen LogP contribution in [0, 0.1) is 0 Å². The van der Waals surface area contributed by atoms with Crippen molar-refractivity contribution in [2.24, 2.45) is 0 Å². The van der Waals surface area contributed by atoms with Crippen molar-refractivity contribution < 1.29 is 20.1 Å². The summed E-state index contributed by atoms with van der Waals surface area (Å²) in [5.41, 5.74) is 0. The molecule has 1 fully saturated rings. The summed E-state index contributed by atoms with van der Waals surface area (Å²) in [5.74, 6) is 0. The number of nitrogens with zero attached hydrogens (tertiary/aromatic N) is 1. The molecule has 0 radical (unpaired) electrons. The van der Waals surface area contributed by atoms with Gasteiger partial charge in [-0.05, 0) is 0 Å². The zero-order valence-corrected chi connectivity index (χ0v) is 5.91. The second-order valence-corrected chi connectivity index (χ2v) is 3.14. The normalized spacial score (nSPS) is 25.6. The minimum absolute atomic E-state index is 1.36. The van der Waals surface area contributed by atoms with E-state index in [1.165, 1.54) is 19.5 Å². The Bertz CT molecular complexity index is 33.9. The molecule has 1 aliphatic rings. The number of hydrogen-bond donors (Lipinski definition) is 0. The van der Waals surface area contributed by atoms with Crippen molar-refractivity contribution in [1.29, 1.82) is 0 Å². The molecule has 0 bridgehead atoms. The van der Waals surface area contributed by atoms with Crippen LogP contribution >= 0.6 is 0 Å². The zero-order valence-electron chi connectivity index (χ0n) is 2.98. The van der Waals surface area contributed by atoms with Crippen LogP contribution in [-0.4, -0.2) is 16.5 Å². The van der Waals surface area contributed by atoms with E-state index >= 15 is 0 Å². The molecule has 2 heteroatoms. The second-order valence-electron chi connectivity index (χ2n) is 1.28. The summed E-state index contributed by atoms with van der Waals surface area (Å²) in [5, 5.41) is 0. The van der Waals surface area contributed by atoms with Crippen molar-refractivity contribution >= 4 is 0 Å². The topological polar surface area (TPSA) is 3.24 Å². The van der Waals surface area contributed by atoms with Gasteiger partial charge in [0.25, 0.3) is 0 Å². The fraction of sp³-hybridized carbons (Fsp3) is 1.00. The summed E-state index contributed by atoms with van der Waals surface area (Å²) in [6.45, 7) is 2.71. The van der Waals surface area contributed by atoms with Crippen LogP contribution in [0.2, 0.25) is 0 Å². The zero-order chi connectivity index (χ0) is 3.70. The summed E-state index contributed by atoms with van der Waals surface area (Å²) < 4.78 is 2.39. The molecule has 1 saturated heterocycles. The van der Waals surface area contributed by atoms with Gasteiger partial charge in [0.15, 0.2) is 0 Å². The third-order valence-corrected chi connectivity index (χ3v) is 2.13. The van der Waals surface area contributed by atoms with Crippen molar-refractivity contribution in [2.45, 2.75) is 6.42 Å². The summed E-state index contributed by atoms with van der Waals surface area (Å²) in [7, 11) is 0. The molecular formula is C3H6NW. The quantitative estimate of drug-likeness (QED) is 0.582. The van der Waals surface area contributed by atoms with E-state index in [0.717, 1.165) is 0 Å². The standard InChI is InChI=1S/C3H6N.W/c1-2-4-3-1;/h1-3H2;/q-1;+1. The van der Waals surface area contributed by atoms with E-state index in [0.29, 0.717) is 0 Å². The number of rotatable bonds is 0. The molecule has 29 valence electrons. The van der Waals surface area contributed by atoms with E-state index in [9.17, 15) is 0 Å². The van der Waals surface area contributed by atoms with Gasteiger partial charge in [-0.15, -0.1) is 0 Å². The molecule has 0 N–H and O–H groups in total. The first kappa shape index (κ1) is 3.83. The van der Waals surface area contributed by atoms with E-state index in [1.807, 2.05) is 0 Å². The summed E-state index contributed by atoms with van der Waals surface area (Å²) in [6, 6.07) is 0. The van der Waals surface area contributed by atoms with Crippen LogP contribution in [0.5, 0.6) is 0 Å². The molecule has 0 atom stereocenters. The molecular weight excluding hydrogens is 234 g/mol. The van der Waals surface area contributed by atoms with Gasteiger partial charge in [0.2, 0.25) is 0 Å². The fourth-order valence-electron chi connectivity index (χ4n) is 0.287. The molecule has 0 amide bonds. The third-order valence-electron chi connectivity index (χ3n) is 0.815. The Morgan fingerprint density at radius 1 is 1.40 bits per heavy atom. The average Bonchev–Trinajstić information content (AvgIpc) is 1.30. The molecule has 1 aliphatic heterocycles. The van der Waals surface area contributed by atoms with E-state index in [4.69, 9.17) is 0 Å². The Morgan fingerprint density at radius 2 is 1.80 bits per heavy atom. The Kier molecular flexibility index (Phi) is 1.07. The maximum atomic E-state index is 2.39. The van der Waals surface area contributed by atoms with Gasteiger partial charge >= 0.3 is 43.0 Å². The molecule has 0 unspecified atom stereocenters. The molecule has 0 spiro atoms. The Labute approximate surface area is 43.5 Å². The third kappa shape index (κ3) is 0.738. The van der Waals surface area contributed by atoms with Crippen LogP contribution in [0.25, 0.3) is 0 Å². The molecule has 0 aromatic rings. The van der Waals surface area contributed by atoms with Crippen LogP contribution in [-0.2, 0) is 20.1 Å². The molecule has 5 heavy (non-hydrogen) atoms. The van der Waals surface area contributed by atoms with Crippen molar-refractivity contribution in [3.63, 3.8) is 0 Å². The van der Waals surface area contributed by atoms with E-state index in [2.05, 4.69) is 3.46 Å². The maximum absolute atomic E-state index is 2.39. The second kappa shape index (κ2) is 1.40. The summed E-state index contributed by atoms with van der Waals surface area (Å²) >= 11 is 1.63. The van der Waals surface area contributed by atoms with Gasteiger partial charge in [-0.25, -0.2) is 0 Å². The molecule has 1 rings (SSSR count). The van der Waals surface area contributed by atoms with E-state index in [1.54, 1.807) is 20.1 Å². The minimum atomic E-state index is 1.36. The van der Waals surface area contributed by atoms with Crippen LogP contribution in [0.3, 0.4) is 0 Å². The van der Waals surface area contributed by atoms with Crippen LogP contribution < -0.4 is 0 Å². The van der Waals surface area contributed by atoms with Gasteiger partial charge in [0.05, 0.1) is 0 Å². The molecule has 0 saturated carbocycles. The van der Waals surface area contributed by atoms with Crippen molar-refractivity contribution in [3.05, 3.63) is 0 Å². The predicted molar refractivity (Wildman–Crippen MR) is 16.2 cm³/mol. The molecule has 1 nitrogen and oxygen atoms in total. The Hall–Kier alpha value is 0.648. The summed E-state index contributed by atoms with van der Waals surface area (Å²) in [4.78, 5) is 0. The molecule has 0 aromatic heterocycles. The Morgan fingerprint density at radius 3 is 1.80 bits per heavy atom. The molecule has 1 heterocycles. The monoisotopic (exact) mass is 240 g/mol. The van der Waals surface area contributed by atoms with Crippen LogP contribution in [0.15, 0.2) is 0 Å².